The predicted octanol–water partition coefficient (Wildman–Crippen LogP) is 3.91. The van der Waals surface area contributed by atoms with E-state index in [4.69, 9.17) is 4.74 Å². The first kappa shape index (κ1) is 9.97. The van der Waals surface area contributed by atoms with Crippen molar-refractivity contribution in [2.24, 2.45) is 0 Å². The van der Waals surface area contributed by atoms with Crippen LogP contribution in [0, 0.1) is 5.82 Å². The van der Waals surface area contributed by atoms with E-state index in [1.54, 1.807) is 12.1 Å². The van der Waals surface area contributed by atoms with Gasteiger partial charge in [0.15, 0.2) is 11.6 Å². The molecule has 14 heavy (non-hydrogen) atoms. The standard InChI is InChI=1S/C11H12BrFO/c12-9-6-3-7-10(13)11(9)14-8-4-1-2-5-8/h3,6-8H,1-2,4-5H2. The monoisotopic (exact) mass is 258 g/mol. The first-order valence-corrected chi connectivity index (χ1v) is 5.67. The first-order chi connectivity index (χ1) is 6.77. The zero-order valence-corrected chi connectivity index (χ0v) is 9.39. The maximum absolute atomic E-state index is 13.3. The molecule has 1 aromatic carbocycles. The van der Waals surface area contributed by atoms with Crippen LogP contribution in [0.1, 0.15) is 25.7 Å². The molecular formula is C11H12BrFO. The van der Waals surface area contributed by atoms with Gasteiger partial charge in [-0.05, 0) is 53.7 Å². The molecule has 1 nitrogen and oxygen atoms in total. The van der Waals surface area contributed by atoms with Gasteiger partial charge >= 0.3 is 0 Å². The molecular weight excluding hydrogens is 247 g/mol. The van der Waals surface area contributed by atoms with Gasteiger partial charge in [-0.2, -0.15) is 0 Å². The molecule has 0 unspecified atom stereocenters. The molecule has 1 saturated carbocycles. The molecule has 3 heteroatoms. The van der Waals surface area contributed by atoms with Crippen LogP contribution in [-0.4, -0.2) is 6.10 Å². The second kappa shape index (κ2) is 4.30. The number of rotatable bonds is 2. The zero-order valence-electron chi connectivity index (χ0n) is 7.80. The molecule has 0 aliphatic heterocycles. The average Bonchev–Trinajstić information content (AvgIpc) is 2.64. The van der Waals surface area contributed by atoms with Crippen LogP contribution in [0.15, 0.2) is 22.7 Å². The topological polar surface area (TPSA) is 9.23 Å². The number of halogens is 2. The van der Waals surface area contributed by atoms with Crippen LogP contribution in [0.25, 0.3) is 0 Å². The summed E-state index contributed by atoms with van der Waals surface area (Å²) in [6.45, 7) is 0. The van der Waals surface area contributed by atoms with Crippen LogP contribution in [0.2, 0.25) is 0 Å². The van der Waals surface area contributed by atoms with Crippen molar-refractivity contribution < 1.29 is 9.13 Å². The van der Waals surface area contributed by atoms with Crippen molar-refractivity contribution in [2.75, 3.05) is 0 Å². The van der Waals surface area contributed by atoms with Crippen molar-refractivity contribution in [3.05, 3.63) is 28.5 Å². The summed E-state index contributed by atoms with van der Waals surface area (Å²) in [6.07, 6.45) is 4.66. The third-order valence-corrected chi connectivity index (χ3v) is 3.13. The van der Waals surface area contributed by atoms with Crippen LogP contribution < -0.4 is 4.74 Å². The fourth-order valence-corrected chi connectivity index (χ4v) is 2.20. The van der Waals surface area contributed by atoms with Gasteiger partial charge in [0.2, 0.25) is 0 Å². The highest BCUT2D eigenvalue weighted by Gasteiger charge is 2.19. The Morgan fingerprint density at radius 1 is 1.29 bits per heavy atom. The van der Waals surface area contributed by atoms with E-state index in [1.165, 1.54) is 18.9 Å². The minimum Gasteiger partial charge on any atom is -0.486 e. The summed E-state index contributed by atoms with van der Waals surface area (Å²) in [4.78, 5) is 0. The number of hydrogen-bond acceptors (Lipinski definition) is 1. The highest BCUT2D eigenvalue weighted by Crippen LogP contribution is 2.31. The van der Waals surface area contributed by atoms with Gasteiger partial charge in [-0.3, -0.25) is 0 Å². The largest absolute Gasteiger partial charge is 0.486 e. The van der Waals surface area contributed by atoms with E-state index in [0.717, 1.165) is 12.8 Å². The molecule has 1 fully saturated rings. The van der Waals surface area contributed by atoms with Crippen LogP contribution >= 0.6 is 15.9 Å². The lowest BCUT2D eigenvalue weighted by atomic mass is 10.3. The number of benzene rings is 1. The van der Waals surface area contributed by atoms with E-state index in [-0.39, 0.29) is 11.9 Å². The molecule has 0 atom stereocenters. The summed E-state index contributed by atoms with van der Waals surface area (Å²) in [7, 11) is 0. The van der Waals surface area contributed by atoms with E-state index < -0.39 is 0 Å². The minimum atomic E-state index is -0.286. The minimum absolute atomic E-state index is 0.197. The van der Waals surface area contributed by atoms with Gasteiger partial charge in [0.05, 0.1) is 10.6 Å². The number of para-hydroxylation sites is 1. The maximum atomic E-state index is 13.3. The SMILES string of the molecule is Fc1cccc(Br)c1OC1CCCC1. The van der Waals surface area contributed by atoms with Gasteiger partial charge < -0.3 is 4.74 Å². The third kappa shape index (κ3) is 2.08. The molecule has 76 valence electrons. The van der Waals surface area contributed by atoms with Crippen LogP contribution in [0.3, 0.4) is 0 Å². The second-order valence-corrected chi connectivity index (χ2v) is 4.43. The Morgan fingerprint density at radius 3 is 2.64 bits per heavy atom. The molecule has 1 aliphatic carbocycles. The van der Waals surface area contributed by atoms with Crippen LogP contribution in [0.5, 0.6) is 5.75 Å². The summed E-state index contributed by atoms with van der Waals surface area (Å²) in [5.41, 5.74) is 0. The Bertz CT molecular complexity index is 301. The fourth-order valence-electron chi connectivity index (χ4n) is 1.77. The molecule has 1 aliphatic rings. The van der Waals surface area contributed by atoms with Gasteiger partial charge in [0, 0.05) is 0 Å². The summed E-state index contributed by atoms with van der Waals surface area (Å²) in [5, 5.41) is 0. The van der Waals surface area contributed by atoms with Gasteiger partial charge in [-0.15, -0.1) is 0 Å². The van der Waals surface area contributed by atoms with Crippen molar-refractivity contribution in [1.29, 1.82) is 0 Å². The quantitative estimate of drug-likeness (QED) is 0.782. The molecule has 1 aromatic rings. The summed E-state index contributed by atoms with van der Waals surface area (Å²) in [6, 6.07) is 4.89. The maximum Gasteiger partial charge on any atom is 0.169 e. The fraction of sp³-hybridized carbons (Fsp3) is 0.455. The zero-order chi connectivity index (χ0) is 9.97. The Labute approximate surface area is 91.4 Å². The van der Waals surface area contributed by atoms with Crippen LogP contribution in [0.4, 0.5) is 4.39 Å². The molecule has 0 amide bonds. The molecule has 0 spiro atoms. The Morgan fingerprint density at radius 2 is 2.00 bits per heavy atom. The van der Waals surface area contributed by atoms with E-state index in [1.807, 2.05) is 0 Å². The first-order valence-electron chi connectivity index (χ1n) is 4.88. The second-order valence-electron chi connectivity index (χ2n) is 3.58. The van der Waals surface area contributed by atoms with E-state index in [2.05, 4.69) is 15.9 Å². The van der Waals surface area contributed by atoms with Crippen LogP contribution in [-0.2, 0) is 0 Å². The highest BCUT2D eigenvalue weighted by atomic mass is 79.9. The third-order valence-electron chi connectivity index (χ3n) is 2.51. The van der Waals surface area contributed by atoms with E-state index >= 15 is 0 Å². The normalized spacial score (nSPS) is 17.3. The summed E-state index contributed by atoms with van der Waals surface area (Å²) >= 11 is 3.29. The van der Waals surface area contributed by atoms with E-state index in [9.17, 15) is 4.39 Å². The van der Waals surface area contributed by atoms with E-state index in [0.29, 0.717) is 10.2 Å². The van der Waals surface area contributed by atoms with Crippen molar-refractivity contribution in [1.82, 2.24) is 0 Å². The molecule has 0 N–H and O–H groups in total. The van der Waals surface area contributed by atoms with Gasteiger partial charge in [0.1, 0.15) is 0 Å². The van der Waals surface area contributed by atoms with Crippen molar-refractivity contribution in [3.8, 4) is 5.75 Å². The molecule has 0 bridgehead atoms. The lowest BCUT2D eigenvalue weighted by molar-refractivity contribution is 0.199. The van der Waals surface area contributed by atoms with Crippen molar-refractivity contribution >= 4 is 15.9 Å². The molecule has 2 rings (SSSR count). The molecule has 0 saturated heterocycles. The van der Waals surface area contributed by atoms with Gasteiger partial charge in [0.25, 0.3) is 0 Å². The van der Waals surface area contributed by atoms with Crippen molar-refractivity contribution in [2.45, 2.75) is 31.8 Å². The van der Waals surface area contributed by atoms with Gasteiger partial charge in [-0.1, -0.05) is 6.07 Å². The Hall–Kier alpha value is -0.570. The average molecular weight is 259 g/mol. The smallest absolute Gasteiger partial charge is 0.169 e. The molecule has 0 heterocycles. The number of ether oxygens (including phenoxy) is 1. The lowest BCUT2D eigenvalue weighted by Gasteiger charge is -2.14. The lowest BCUT2D eigenvalue weighted by Crippen LogP contribution is -2.12. The highest BCUT2D eigenvalue weighted by molar-refractivity contribution is 9.10. The summed E-state index contributed by atoms with van der Waals surface area (Å²) in [5.74, 6) is 0.0747. The predicted molar refractivity (Wildman–Crippen MR) is 57.0 cm³/mol. The van der Waals surface area contributed by atoms with Gasteiger partial charge in [-0.25, -0.2) is 4.39 Å². The molecule has 0 aromatic heterocycles. The van der Waals surface area contributed by atoms with Crippen molar-refractivity contribution in [3.63, 3.8) is 0 Å². The molecule has 0 radical (unpaired) electrons. The summed E-state index contributed by atoms with van der Waals surface area (Å²) < 4.78 is 19.7. The Balaban J connectivity index is 2.14. The number of hydrogen-bond donors (Lipinski definition) is 0. The Kier molecular flexibility index (Phi) is 3.06.